The Morgan fingerprint density at radius 3 is 1.75 bits per heavy atom. The van der Waals surface area contributed by atoms with E-state index >= 15 is 0 Å². The number of hydrogen-bond donors (Lipinski definition) is 0. The van der Waals surface area contributed by atoms with Crippen LogP contribution in [0.4, 0.5) is 0 Å². The maximum absolute atomic E-state index is 4.85. The van der Waals surface area contributed by atoms with E-state index in [2.05, 4.69) is 72.6 Å². The minimum atomic E-state index is 0.801. The van der Waals surface area contributed by atoms with Crippen molar-refractivity contribution in [1.82, 2.24) is 29.9 Å². The number of nitrogens with zero attached hydrogens (tertiary/aromatic N) is 6. The van der Waals surface area contributed by atoms with Crippen molar-refractivity contribution in [2.24, 2.45) is 0 Å². The SMILES string of the molecule is Brc1ccc(-n2cc(-c3ccc(-c4cc(-c5ccccn5)nc(-c5ccccn5)c4)cc3)nn2)cc1. The molecule has 6 aromatic rings. The zero-order chi connectivity index (χ0) is 24.3. The van der Waals surface area contributed by atoms with Crippen molar-refractivity contribution >= 4 is 15.9 Å². The van der Waals surface area contributed by atoms with Crippen molar-refractivity contribution < 1.29 is 0 Å². The predicted octanol–water partition coefficient (Wildman–Crippen LogP) is 6.88. The van der Waals surface area contributed by atoms with Gasteiger partial charge in [0.15, 0.2) is 0 Å². The summed E-state index contributed by atoms with van der Waals surface area (Å²) in [5.41, 5.74) is 8.09. The molecule has 0 aliphatic heterocycles. The largest absolute Gasteiger partial charge is 0.255 e. The average Bonchev–Trinajstić information content (AvgIpc) is 3.45. The van der Waals surface area contributed by atoms with Crippen LogP contribution in [-0.4, -0.2) is 29.9 Å². The van der Waals surface area contributed by atoms with Gasteiger partial charge >= 0.3 is 0 Å². The van der Waals surface area contributed by atoms with Gasteiger partial charge in [-0.1, -0.05) is 57.5 Å². The molecule has 0 aliphatic rings. The van der Waals surface area contributed by atoms with E-state index in [-0.39, 0.29) is 0 Å². The third-order valence-electron chi connectivity index (χ3n) is 5.78. The van der Waals surface area contributed by atoms with Gasteiger partial charge in [-0.15, -0.1) is 5.10 Å². The second-order valence-corrected chi connectivity index (χ2v) is 9.07. The van der Waals surface area contributed by atoms with Gasteiger partial charge in [0.2, 0.25) is 0 Å². The summed E-state index contributed by atoms with van der Waals surface area (Å²) < 4.78 is 2.80. The quantitative estimate of drug-likeness (QED) is 0.243. The first-order valence-electron chi connectivity index (χ1n) is 11.4. The van der Waals surface area contributed by atoms with Gasteiger partial charge in [-0.2, -0.15) is 0 Å². The molecular weight excluding hydrogens is 512 g/mol. The number of aromatic nitrogens is 6. The molecule has 6 nitrogen and oxygen atoms in total. The lowest BCUT2D eigenvalue weighted by Gasteiger charge is -2.09. The Labute approximate surface area is 216 Å². The lowest BCUT2D eigenvalue weighted by molar-refractivity contribution is 0.804. The number of halogens is 1. The molecule has 0 N–H and O–H groups in total. The molecule has 0 saturated carbocycles. The van der Waals surface area contributed by atoms with E-state index in [0.29, 0.717) is 0 Å². The van der Waals surface area contributed by atoms with Crippen molar-refractivity contribution in [2.75, 3.05) is 0 Å². The summed E-state index contributed by atoms with van der Waals surface area (Å²) in [7, 11) is 0. The Balaban J connectivity index is 1.35. The van der Waals surface area contributed by atoms with Crippen LogP contribution in [0.1, 0.15) is 0 Å². The number of hydrogen-bond acceptors (Lipinski definition) is 5. The van der Waals surface area contributed by atoms with E-state index in [0.717, 1.165) is 55.3 Å². The van der Waals surface area contributed by atoms with E-state index < -0.39 is 0 Å². The second-order valence-electron chi connectivity index (χ2n) is 8.16. The van der Waals surface area contributed by atoms with Gasteiger partial charge in [0.05, 0.1) is 34.7 Å². The molecule has 172 valence electrons. The Morgan fingerprint density at radius 1 is 0.556 bits per heavy atom. The predicted molar refractivity (Wildman–Crippen MR) is 144 cm³/mol. The van der Waals surface area contributed by atoms with E-state index in [4.69, 9.17) is 4.98 Å². The van der Waals surface area contributed by atoms with Gasteiger partial charge in [-0.25, -0.2) is 9.67 Å². The van der Waals surface area contributed by atoms with Crippen LogP contribution in [0.15, 0.2) is 120 Å². The fourth-order valence-electron chi connectivity index (χ4n) is 3.94. The van der Waals surface area contributed by atoms with Crippen molar-refractivity contribution in [3.63, 3.8) is 0 Å². The van der Waals surface area contributed by atoms with Crippen LogP contribution < -0.4 is 0 Å². The zero-order valence-electron chi connectivity index (χ0n) is 19.0. The maximum Gasteiger partial charge on any atom is 0.113 e. The van der Waals surface area contributed by atoms with E-state index in [1.165, 1.54) is 0 Å². The molecule has 0 amide bonds. The van der Waals surface area contributed by atoms with Crippen molar-refractivity contribution in [3.8, 4) is 50.8 Å². The first-order chi connectivity index (χ1) is 17.7. The maximum atomic E-state index is 4.85. The Hall–Kier alpha value is -4.49. The van der Waals surface area contributed by atoms with E-state index in [9.17, 15) is 0 Å². The number of rotatable bonds is 5. The third kappa shape index (κ3) is 4.56. The van der Waals surface area contributed by atoms with Gasteiger partial charge in [0, 0.05) is 22.4 Å². The number of benzene rings is 2. The standard InChI is InChI=1S/C29H19BrN6/c30-23-11-13-24(14-12-23)36-19-29(34-35-36)21-9-7-20(8-10-21)22-17-27(25-5-1-3-15-31-25)33-28(18-22)26-6-2-4-16-32-26/h1-19H. The first-order valence-corrected chi connectivity index (χ1v) is 12.2. The normalized spacial score (nSPS) is 10.9. The summed E-state index contributed by atoms with van der Waals surface area (Å²) in [4.78, 5) is 13.9. The highest BCUT2D eigenvalue weighted by atomic mass is 79.9. The highest BCUT2D eigenvalue weighted by Crippen LogP contribution is 2.30. The molecule has 0 unspecified atom stereocenters. The number of pyridine rings is 3. The fraction of sp³-hybridized carbons (Fsp3) is 0. The van der Waals surface area contributed by atoms with Crippen LogP contribution in [-0.2, 0) is 0 Å². The molecule has 4 aromatic heterocycles. The molecule has 6 rings (SSSR count). The highest BCUT2D eigenvalue weighted by molar-refractivity contribution is 9.10. The van der Waals surface area contributed by atoms with E-state index in [1.807, 2.05) is 66.9 Å². The average molecular weight is 531 g/mol. The van der Waals surface area contributed by atoms with Crippen LogP contribution in [0, 0.1) is 0 Å². The summed E-state index contributed by atoms with van der Waals surface area (Å²) in [5, 5.41) is 8.66. The molecule has 0 fully saturated rings. The minimum absolute atomic E-state index is 0.801. The smallest absolute Gasteiger partial charge is 0.113 e. The zero-order valence-corrected chi connectivity index (χ0v) is 20.6. The van der Waals surface area contributed by atoms with Gasteiger partial charge in [0.1, 0.15) is 5.69 Å². The summed E-state index contributed by atoms with van der Waals surface area (Å²) in [6.07, 6.45) is 5.49. The summed E-state index contributed by atoms with van der Waals surface area (Å²) in [5.74, 6) is 0. The summed E-state index contributed by atoms with van der Waals surface area (Å²) in [6.45, 7) is 0. The lowest BCUT2D eigenvalue weighted by atomic mass is 10.0. The van der Waals surface area contributed by atoms with Crippen molar-refractivity contribution in [3.05, 3.63) is 120 Å². The van der Waals surface area contributed by atoms with Crippen molar-refractivity contribution in [2.45, 2.75) is 0 Å². The van der Waals surface area contributed by atoms with Crippen LogP contribution in [0.3, 0.4) is 0 Å². The van der Waals surface area contributed by atoms with Crippen LogP contribution >= 0.6 is 15.9 Å². The topological polar surface area (TPSA) is 69.4 Å². The summed E-state index contributed by atoms with van der Waals surface area (Å²) >= 11 is 3.46. The second kappa shape index (κ2) is 9.64. The molecule has 2 aromatic carbocycles. The molecule has 0 atom stereocenters. The molecular formula is C29H19BrN6. The van der Waals surface area contributed by atoms with E-state index in [1.54, 1.807) is 17.1 Å². The Kier molecular flexibility index (Phi) is 5.89. The molecule has 36 heavy (non-hydrogen) atoms. The molecule has 0 saturated heterocycles. The lowest BCUT2D eigenvalue weighted by Crippen LogP contribution is -1.94. The molecule has 0 radical (unpaired) electrons. The van der Waals surface area contributed by atoms with Gasteiger partial charge < -0.3 is 0 Å². The molecule has 0 aliphatic carbocycles. The molecule has 0 bridgehead atoms. The summed E-state index contributed by atoms with van der Waals surface area (Å²) in [6, 6.07) is 32.1. The van der Waals surface area contributed by atoms with Crippen LogP contribution in [0.25, 0.3) is 50.8 Å². The van der Waals surface area contributed by atoms with Crippen molar-refractivity contribution in [1.29, 1.82) is 0 Å². The van der Waals surface area contributed by atoms with Gasteiger partial charge in [-0.05, 0) is 71.8 Å². The monoisotopic (exact) mass is 530 g/mol. The van der Waals surface area contributed by atoms with Crippen LogP contribution in [0.2, 0.25) is 0 Å². The highest BCUT2D eigenvalue weighted by Gasteiger charge is 2.11. The Bertz CT molecular complexity index is 1560. The fourth-order valence-corrected chi connectivity index (χ4v) is 4.20. The molecule has 4 heterocycles. The first kappa shape index (κ1) is 22.0. The molecule has 7 heteroatoms. The Morgan fingerprint density at radius 2 is 1.17 bits per heavy atom. The molecule has 0 spiro atoms. The van der Waals surface area contributed by atoms with Gasteiger partial charge in [-0.3, -0.25) is 9.97 Å². The third-order valence-corrected chi connectivity index (χ3v) is 6.31. The van der Waals surface area contributed by atoms with Gasteiger partial charge in [0.25, 0.3) is 0 Å². The minimum Gasteiger partial charge on any atom is -0.255 e. The van der Waals surface area contributed by atoms with Crippen LogP contribution in [0.5, 0.6) is 0 Å².